The summed E-state index contributed by atoms with van der Waals surface area (Å²) in [4.78, 5) is 16.1. The average molecular weight is 319 g/mol. The van der Waals surface area contributed by atoms with Crippen molar-refractivity contribution in [3.63, 3.8) is 0 Å². The van der Waals surface area contributed by atoms with E-state index in [1.807, 2.05) is 6.07 Å². The van der Waals surface area contributed by atoms with Crippen LogP contribution in [0.5, 0.6) is 0 Å². The smallest absolute Gasteiger partial charge is 0.285 e. The molecular formula is C14H8F3N5O. The Kier molecular flexibility index (Phi) is 3.37. The first-order chi connectivity index (χ1) is 10.9. The van der Waals surface area contributed by atoms with Crippen LogP contribution < -0.4 is 5.56 Å². The second kappa shape index (κ2) is 5.24. The van der Waals surface area contributed by atoms with Crippen LogP contribution in [0.25, 0.3) is 16.7 Å². The van der Waals surface area contributed by atoms with Crippen LogP contribution in [0.3, 0.4) is 0 Å². The molecule has 2 aromatic heterocycles. The number of hydrogen-bond acceptors (Lipinski definition) is 4. The molecule has 0 atom stereocenters. The summed E-state index contributed by atoms with van der Waals surface area (Å²) < 4.78 is 40.6. The lowest BCUT2D eigenvalue weighted by Crippen LogP contribution is -2.19. The molecule has 2 heterocycles. The highest BCUT2D eigenvalue weighted by Crippen LogP contribution is 2.30. The van der Waals surface area contributed by atoms with Gasteiger partial charge in [0.05, 0.1) is 23.5 Å². The van der Waals surface area contributed by atoms with Crippen molar-refractivity contribution in [2.24, 2.45) is 0 Å². The molecule has 3 rings (SSSR count). The fraction of sp³-hybridized carbons (Fsp3) is 0.143. The molecule has 0 radical (unpaired) electrons. The third-order valence-corrected chi connectivity index (χ3v) is 3.21. The highest BCUT2D eigenvalue weighted by Gasteiger charge is 2.30. The van der Waals surface area contributed by atoms with Gasteiger partial charge < -0.3 is 0 Å². The van der Waals surface area contributed by atoms with Gasteiger partial charge in [-0.05, 0) is 18.2 Å². The molecule has 0 bridgehead atoms. The number of halogens is 3. The van der Waals surface area contributed by atoms with Gasteiger partial charge in [-0.25, -0.2) is 9.67 Å². The van der Waals surface area contributed by atoms with E-state index in [1.165, 1.54) is 24.7 Å². The molecule has 0 spiro atoms. The van der Waals surface area contributed by atoms with Crippen molar-refractivity contribution in [3.8, 4) is 11.8 Å². The summed E-state index contributed by atoms with van der Waals surface area (Å²) in [5.74, 6) is 0. The van der Waals surface area contributed by atoms with E-state index in [1.54, 1.807) is 0 Å². The summed E-state index contributed by atoms with van der Waals surface area (Å²) in [5, 5.41) is 12.7. The maximum atomic E-state index is 12.8. The molecule has 0 saturated carbocycles. The highest BCUT2D eigenvalue weighted by atomic mass is 19.4. The topological polar surface area (TPSA) is 76.5 Å². The molecule has 0 amide bonds. The zero-order chi connectivity index (χ0) is 16.6. The Morgan fingerprint density at radius 1 is 1.30 bits per heavy atom. The minimum Gasteiger partial charge on any atom is -0.285 e. The number of benzene rings is 1. The molecule has 23 heavy (non-hydrogen) atoms. The van der Waals surface area contributed by atoms with Crippen LogP contribution in [0, 0.1) is 11.3 Å². The molecule has 0 aliphatic rings. The number of rotatable bonds is 2. The van der Waals surface area contributed by atoms with Crippen molar-refractivity contribution in [2.75, 3.05) is 0 Å². The lowest BCUT2D eigenvalue weighted by atomic mass is 10.2. The Bertz CT molecular complexity index is 980. The normalized spacial score (nSPS) is 11.6. The van der Waals surface area contributed by atoms with Gasteiger partial charge in [-0.1, -0.05) is 6.07 Å². The number of fused-ring (bicyclic) bond motifs is 1. The first-order valence-electron chi connectivity index (χ1n) is 6.39. The molecule has 1 aromatic carbocycles. The minimum absolute atomic E-state index is 0.125. The zero-order valence-corrected chi connectivity index (χ0v) is 11.4. The van der Waals surface area contributed by atoms with Gasteiger partial charge in [0.2, 0.25) is 0 Å². The van der Waals surface area contributed by atoms with Gasteiger partial charge in [-0.2, -0.15) is 23.5 Å². The van der Waals surface area contributed by atoms with Crippen LogP contribution in [-0.4, -0.2) is 19.3 Å². The van der Waals surface area contributed by atoms with Gasteiger partial charge in [0, 0.05) is 0 Å². The molecular weight excluding hydrogens is 311 g/mol. The summed E-state index contributed by atoms with van der Waals surface area (Å²) in [6.45, 7) is -0.170. The van der Waals surface area contributed by atoms with Crippen molar-refractivity contribution in [1.82, 2.24) is 19.3 Å². The van der Waals surface area contributed by atoms with E-state index in [0.717, 1.165) is 21.4 Å². The molecule has 9 heteroatoms. The Hall–Kier alpha value is -3.15. The summed E-state index contributed by atoms with van der Waals surface area (Å²) in [5.41, 5.74) is -1.03. The highest BCUT2D eigenvalue weighted by molar-refractivity contribution is 5.75. The van der Waals surface area contributed by atoms with Crippen molar-refractivity contribution in [1.29, 1.82) is 5.26 Å². The Morgan fingerprint density at radius 2 is 2.09 bits per heavy atom. The van der Waals surface area contributed by atoms with Gasteiger partial charge in [0.25, 0.3) is 5.56 Å². The van der Waals surface area contributed by atoms with E-state index in [-0.39, 0.29) is 23.3 Å². The fourth-order valence-electron chi connectivity index (χ4n) is 2.14. The molecule has 6 nitrogen and oxygen atoms in total. The molecule has 0 fully saturated rings. The third-order valence-electron chi connectivity index (χ3n) is 3.21. The molecule has 0 saturated heterocycles. The second-order valence-electron chi connectivity index (χ2n) is 4.68. The molecule has 3 aromatic rings. The van der Waals surface area contributed by atoms with Crippen molar-refractivity contribution >= 4 is 11.0 Å². The van der Waals surface area contributed by atoms with Gasteiger partial charge in [-0.15, -0.1) is 0 Å². The van der Waals surface area contributed by atoms with Crippen LogP contribution in [-0.2, 0) is 12.7 Å². The Labute approximate surface area is 127 Å². The lowest BCUT2D eigenvalue weighted by Gasteiger charge is -2.09. The van der Waals surface area contributed by atoms with Gasteiger partial charge >= 0.3 is 6.18 Å². The first kappa shape index (κ1) is 14.8. The summed E-state index contributed by atoms with van der Waals surface area (Å²) >= 11 is 0. The summed E-state index contributed by atoms with van der Waals surface area (Å²) in [7, 11) is 0. The fourth-order valence-corrected chi connectivity index (χ4v) is 2.14. The maximum absolute atomic E-state index is 12.8. The van der Waals surface area contributed by atoms with E-state index >= 15 is 0 Å². The zero-order valence-electron chi connectivity index (χ0n) is 11.4. The van der Waals surface area contributed by atoms with Gasteiger partial charge in [0.1, 0.15) is 18.3 Å². The standard InChI is InChI=1S/C14H8F3N5O/c15-14(16,17)9-2-1-3-10(6-9)22-12-11(7-20-22)13(23)21(5-4-18)8-19-12/h1-3,6-8H,5H2. The lowest BCUT2D eigenvalue weighted by molar-refractivity contribution is -0.137. The molecule has 0 aliphatic heterocycles. The van der Waals surface area contributed by atoms with Crippen LogP contribution in [0.1, 0.15) is 5.56 Å². The van der Waals surface area contributed by atoms with Crippen LogP contribution in [0.2, 0.25) is 0 Å². The monoisotopic (exact) mass is 319 g/mol. The van der Waals surface area contributed by atoms with Crippen LogP contribution in [0.4, 0.5) is 13.2 Å². The van der Waals surface area contributed by atoms with E-state index in [0.29, 0.717) is 0 Å². The van der Waals surface area contributed by atoms with E-state index in [2.05, 4.69) is 10.1 Å². The van der Waals surface area contributed by atoms with Gasteiger partial charge in [-0.3, -0.25) is 9.36 Å². The van der Waals surface area contributed by atoms with E-state index < -0.39 is 17.3 Å². The number of aromatic nitrogens is 4. The van der Waals surface area contributed by atoms with Crippen molar-refractivity contribution < 1.29 is 13.2 Å². The largest absolute Gasteiger partial charge is 0.416 e. The van der Waals surface area contributed by atoms with Crippen LogP contribution >= 0.6 is 0 Å². The SMILES string of the molecule is N#CCn1cnc2c(cnn2-c2cccc(C(F)(F)F)c2)c1=O. The predicted molar refractivity (Wildman–Crippen MR) is 73.7 cm³/mol. The number of nitriles is 1. The third kappa shape index (κ3) is 2.55. The van der Waals surface area contributed by atoms with E-state index in [4.69, 9.17) is 5.26 Å². The van der Waals surface area contributed by atoms with E-state index in [9.17, 15) is 18.0 Å². The number of hydrogen-bond donors (Lipinski definition) is 0. The number of nitrogens with zero attached hydrogens (tertiary/aromatic N) is 5. The molecule has 0 unspecified atom stereocenters. The van der Waals surface area contributed by atoms with Crippen molar-refractivity contribution in [3.05, 3.63) is 52.7 Å². The number of alkyl halides is 3. The van der Waals surface area contributed by atoms with Crippen molar-refractivity contribution in [2.45, 2.75) is 12.7 Å². The van der Waals surface area contributed by atoms with Crippen LogP contribution in [0.15, 0.2) is 41.6 Å². The molecule has 0 N–H and O–H groups in total. The van der Waals surface area contributed by atoms with Gasteiger partial charge in [0.15, 0.2) is 5.65 Å². The molecule has 116 valence electrons. The summed E-state index contributed by atoms with van der Waals surface area (Å²) in [6.07, 6.45) is -2.09. The predicted octanol–water partition coefficient (Wildman–Crippen LogP) is 2.12. The quantitative estimate of drug-likeness (QED) is 0.725. The minimum atomic E-state index is -4.48. The molecule has 0 aliphatic carbocycles. The summed E-state index contributed by atoms with van der Waals surface area (Å²) in [6, 6.07) is 6.38. The Morgan fingerprint density at radius 3 is 2.78 bits per heavy atom. The second-order valence-corrected chi connectivity index (χ2v) is 4.68. The first-order valence-corrected chi connectivity index (χ1v) is 6.39. The Balaban J connectivity index is 2.17. The average Bonchev–Trinajstić information content (AvgIpc) is 2.94. The maximum Gasteiger partial charge on any atom is 0.416 e.